The van der Waals surface area contributed by atoms with Crippen molar-refractivity contribution in [3.05, 3.63) is 59.9 Å². The van der Waals surface area contributed by atoms with Gasteiger partial charge in [-0.3, -0.25) is 9.97 Å². The molecular formula is C17H12ClN3. The highest BCUT2D eigenvalue weighted by Gasteiger charge is 2.13. The molecule has 2 heterocycles. The molecule has 4 aromatic rings. The lowest BCUT2D eigenvalue weighted by molar-refractivity contribution is 0.979. The molecule has 0 bridgehead atoms. The number of hydrogen-bond donors (Lipinski definition) is 0. The summed E-state index contributed by atoms with van der Waals surface area (Å²) >= 11 is 6.25. The lowest BCUT2D eigenvalue weighted by Crippen LogP contribution is -1.94. The van der Waals surface area contributed by atoms with Gasteiger partial charge in [-0.15, -0.1) is 0 Å². The van der Waals surface area contributed by atoms with Crippen LogP contribution >= 0.6 is 11.6 Å². The maximum absolute atomic E-state index is 6.25. The molecular weight excluding hydrogens is 282 g/mol. The minimum absolute atomic E-state index is 0.670. The number of halogens is 1. The Morgan fingerprint density at radius 2 is 1.81 bits per heavy atom. The summed E-state index contributed by atoms with van der Waals surface area (Å²) in [6.45, 7) is 0. The van der Waals surface area contributed by atoms with Gasteiger partial charge in [-0.25, -0.2) is 0 Å². The van der Waals surface area contributed by atoms with Crippen LogP contribution in [0, 0.1) is 0 Å². The SMILES string of the molecule is Cn1c(-c2cc(Cl)cc3nccnc23)cc2ccccc21. The first-order valence-electron chi connectivity index (χ1n) is 6.69. The fraction of sp³-hybridized carbons (Fsp3) is 0.0588. The molecule has 0 aliphatic carbocycles. The first-order chi connectivity index (χ1) is 10.2. The molecule has 0 amide bonds. The molecule has 0 atom stereocenters. The quantitative estimate of drug-likeness (QED) is 0.519. The lowest BCUT2D eigenvalue weighted by atomic mass is 10.1. The summed E-state index contributed by atoms with van der Waals surface area (Å²) in [5.74, 6) is 0. The van der Waals surface area contributed by atoms with Crippen LogP contribution in [0.3, 0.4) is 0 Å². The van der Waals surface area contributed by atoms with Gasteiger partial charge in [0.25, 0.3) is 0 Å². The number of benzene rings is 2. The highest BCUT2D eigenvalue weighted by atomic mass is 35.5. The summed E-state index contributed by atoms with van der Waals surface area (Å²) in [4.78, 5) is 8.83. The van der Waals surface area contributed by atoms with Gasteiger partial charge in [0.2, 0.25) is 0 Å². The van der Waals surface area contributed by atoms with Crippen LogP contribution in [-0.2, 0) is 7.05 Å². The van der Waals surface area contributed by atoms with Crippen LogP contribution < -0.4 is 0 Å². The first-order valence-corrected chi connectivity index (χ1v) is 7.07. The molecule has 21 heavy (non-hydrogen) atoms. The topological polar surface area (TPSA) is 30.7 Å². The fourth-order valence-corrected chi connectivity index (χ4v) is 3.00. The highest BCUT2D eigenvalue weighted by Crippen LogP contribution is 2.33. The fourth-order valence-electron chi connectivity index (χ4n) is 2.78. The molecule has 0 spiro atoms. The Morgan fingerprint density at radius 3 is 2.67 bits per heavy atom. The van der Waals surface area contributed by atoms with Crippen LogP contribution in [0.5, 0.6) is 0 Å². The van der Waals surface area contributed by atoms with E-state index in [2.05, 4.69) is 39.8 Å². The zero-order valence-corrected chi connectivity index (χ0v) is 12.2. The molecule has 3 nitrogen and oxygen atoms in total. The maximum atomic E-state index is 6.25. The number of aromatic nitrogens is 3. The van der Waals surface area contributed by atoms with Crippen molar-refractivity contribution < 1.29 is 0 Å². The van der Waals surface area contributed by atoms with E-state index in [9.17, 15) is 0 Å². The van der Waals surface area contributed by atoms with Gasteiger partial charge in [-0.05, 0) is 24.3 Å². The molecule has 0 radical (unpaired) electrons. The first kappa shape index (κ1) is 12.4. The smallest absolute Gasteiger partial charge is 0.0981 e. The van der Waals surface area contributed by atoms with Gasteiger partial charge in [0.1, 0.15) is 0 Å². The molecule has 0 saturated carbocycles. The normalized spacial score (nSPS) is 11.3. The van der Waals surface area contributed by atoms with Crippen molar-refractivity contribution >= 4 is 33.5 Å². The highest BCUT2D eigenvalue weighted by molar-refractivity contribution is 6.31. The zero-order chi connectivity index (χ0) is 14.4. The van der Waals surface area contributed by atoms with E-state index in [1.165, 1.54) is 10.9 Å². The van der Waals surface area contributed by atoms with Crippen molar-refractivity contribution in [2.75, 3.05) is 0 Å². The molecule has 0 unspecified atom stereocenters. The van der Waals surface area contributed by atoms with Crippen molar-refractivity contribution in [3.8, 4) is 11.3 Å². The van der Waals surface area contributed by atoms with Crippen LogP contribution in [0.1, 0.15) is 0 Å². The third kappa shape index (κ3) is 1.89. The van der Waals surface area contributed by atoms with E-state index >= 15 is 0 Å². The van der Waals surface area contributed by atoms with Crippen LogP contribution in [0.15, 0.2) is 54.9 Å². The number of aryl methyl sites for hydroxylation is 1. The number of nitrogens with zero attached hydrogens (tertiary/aromatic N) is 3. The van der Waals surface area contributed by atoms with Crippen LogP contribution in [0.4, 0.5) is 0 Å². The van der Waals surface area contributed by atoms with E-state index < -0.39 is 0 Å². The average Bonchev–Trinajstić information content (AvgIpc) is 2.84. The van der Waals surface area contributed by atoms with Gasteiger partial charge in [0.05, 0.1) is 16.7 Å². The monoisotopic (exact) mass is 293 g/mol. The molecule has 0 saturated heterocycles. The molecule has 0 fully saturated rings. The lowest BCUT2D eigenvalue weighted by Gasteiger charge is -2.08. The summed E-state index contributed by atoms with van der Waals surface area (Å²) in [7, 11) is 2.06. The summed E-state index contributed by atoms with van der Waals surface area (Å²) < 4.78 is 2.16. The molecule has 4 rings (SSSR count). The molecule has 2 aromatic carbocycles. The molecule has 102 valence electrons. The van der Waals surface area contributed by atoms with Gasteiger partial charge in [-0.2, -0.15) is 0 Å². The Kier molecular flexibility index (Phi) is 2.69. The van der Waals surface area contributed by atoms with Crippen molar-refractivity contribution in [1.82, 2.24) is 14.5 Å². The summed E-state index contributed by atoms with van der Waals surface area (Å²) in [6.07, 6.45) is 3.40. The van der Waals surface area contributed by atoms with Crippen molar-refractivity contribution in [2.24, 2.45) is 7.05 Å². The van der Waals surface area contributed by atoms with Crippen molar-refractivity contribution in [3.63, 3.8) is 0 Å². The number of hydrogen-bond acceptors (Lipinski definition) is 2. The Morgan fingerprint density at radius 1 is 1.00 bits per heavy atom. The average molecular weight is 294 g/mol. The van der Waals surface area contributed by atoms with Crippen LogP contribution in [-0.4, -0.2) is 14.5 Å². The number of para-hydroxylation sites is 1. The van der Waals surface area contributed by atoms with E-state index in [1.807, 2.05) is 24.3 Å². The second-order valence-electron chi connectivity index (χ2n) is 5.02. The minimum Gasteiger partial charge on any atom is -0.344 e. The summed E-state index contributed by atoms with van der Waals surface area (Å²) in [5.41, 5.74) is 4.95. The van der Waals surface area contributed by atoms with Gasteiger partial charge >= 0.3 is 0 Å². The Bertz CT molecular complexity index is 972. The Hall–Kier alpha value is -2.39. The largest absolute Gasteiger partial charge is 0.344 e. The van der Waals surface area contributed by atoms with Crippen molar-refractivity contribution in [2.45, 2.75) is 0 Å². The molecule has 2 aromatic heterocycles. The Labute approximate surface area is 126 Å². The maximum Gasteiger partial charge on any atom is 0.0981 e. The third-order valence-electron chi connectivity index (χ3n) is 3.77. The molecule has 0 N–H and O–H groups in total. The molecule has 0 aliphatic rings. The van der Waals surface area contributed by atoms with Gasteiger partial charge in [-0.1, -0.05) is 29.8 Å². The second kappa shape index (κ2) is 4.57. The standard InChI is InChI=1S/C17H12ClN3/c1-21-15-5-3-2-4-11(15)8-16(21)13-9-12(18)10-14-17(13)20-7-6-19-14/h2-10H,1H3. The Balaban J connectivity index is 2.11. The van der Waals surface area contributed by atoms with E-state index in [1.54, 1.807) is 12.4 Å². The molecule has 4 heteroatoms. The predicted octanol–water partition coefficient (Wildman–Crippen LogP) is 4.44. The zero-order valence-electron chi connectivity index (χ0n) is 11.4. The summed E-state index contributed by atoms with van der Waals surface area (Å²) in [5, 5.41) is 1.87. The van der Waals surface area contributed by atoms with Crippen LogP contribution in [0.25, 0.3) is 33.2 Å². The molecule has 0 aliphatic heterocycles. The van der Waals surface area contributed by atoms with E-state index in [0.717, 1.165) is 22.3 Å². The van der Waals surface area contributed by atoms with Gasteiger partial charge in [0.15, 0.2) is 0 Å². The van der Waals surface area contributed by atoms with E-state index in [0.29, 0.717) is 5.02 Å². The van der Waals surface area contributed by atoms with E-state index in [4.69, 9.17) is 11.6 Å². The predicted molar refractivity (Wildman–Crippen MR) is 86.5 cm³/mol. The number of fused-ring (bicyclic) bond motifs is 2. The second-order valence-corrected chi connectivity index (χ2v) is 5.46. The summed E-state index contributed by atoms with van der Waals surface area (Å²) in [6, 6.07) is 14.3. The minimum atomic E-state index is 0.670. The van der Waals surface area contributed by atoms with E-state index in [-0.39, 0.29) is 0 Å². The van der Waals surface area contributed by atoms with Crippen LogP contribution in [0.2, 0.25) is 5.02 Å². The van der Waals surface area contributed by atoms with Gasteiger partial charge < -0.3 is 4.57 Å². The number of rotatable bonds is 1. The van der Waals surface area contributed by atoms with Crippen molar-refractivity contribution in [1.29, 1.82) is 0 Å². The third-order valence-corrected chi connectivity index (χ3v) is 3.98. The van der Waals surface area contributed by atoms with Gasteiger partial charge in [0, 0.05) is 40.9 Å².